The van der Waals surface area contributed by atoms with E-state index in [1.165, 1.54) is 17.0 Å². The maximum atomic E-state index is 14.4. The number of aromatic nitrogens is 5. The Morgan fingerprint density at radius 1 is 1.16 bits per heavy atom. The Balaban J connectivity index is 1.45. The lowest BCUT2D eigenvalue weighted by atomic mass is 10.1. The fraction of sp³-hybridized carbons (Fsp3) is 0.370. The maximum absolute atomic E-state index is 14.4. The van der Waals surface area contributed by atoms with Gasteiger partial charge in [-0.25, -0.2) is 14.4 Å². The first kappa shape index (κ1) is 24.6. The highest BCUT2D eigenvalue weighted by atomic mass is 19.1. The van der Waals surface area contributed by atoms with Gasteiger partial charge in [-0.3, -0.25) is 14.3 Å². The van der Waals surface area contributed by atoms with Crippen LogP contribution in [-0.2, 0) is 24.9 Å². The Morgan fingerprint density at radius 3 is 2.65 bits per heavy atom. The van der Waals surface area contributed by atoms with E-state index in [0.29, 0.717) is 22.2 Å². The number of carbonyl (C=O) groups excluding carboxylic acids is 2. The Bertz CT molecular complexity index is 1470. The fourth-order valence-electron chi connectivity index (χ4n) is 4.95. The van der Waals surface area contributed by atoms with Gasteiger partial charge in [0.2, 0.25) is 5.91 Å². The molecule has 2 amide bonds. The molecule has 0 atom stereocenters. The first-order valence-corrected chi connectivity index (χ1v) is 12.4. The third-order valence-electron chi connectivity index (χ3n) is 6.86. The summed E-state index contributed by atoms with van der Waals surface area (Å²) in [5, 5.41) is 7.02. The summed E-state index contributed by atoms with van der Waals surface area (Å²) in [5.74, 6) is 0.186. The normalized spacial score (nSPS) is 13.8. The third-order valence-corrected chi connectivity index (χ3v) is 6.86. The molecule has 3 aromatic heterocycles. The van der Waals surface area contributed by atoms with Crippen LogP contribution in [0.3, 0.4) is 0 Å². The minimum Gasteiger partial charge on any atom is -0.347 e. The molecule has 0 bridgehead atoms. The van der Waals surface area contributed by atoms with Gasteiger partial charge >= 0.3 is 0 Å². The number of aryl methyl sites for hydroxylation is 1. The molecule has 0 spiro atoms. The molecule has 1 saturated carbocycles. The summed E-state index contributed by atoms with van der Waals surface area (Å²) >= 11 is 0. The number of halogens is 1. The lowest BCUT2D eigenvalue weighted by molar-refractivity contribution is -0.129. The lowest BCUT2D eigenvalue weighted by Crippen LogP contribution is -2.29. The number of pyridine rings is 1. The molecule has 0 aliphatic heterocycles. The largest absolute Gasteiger partial charge is 0.347 e. The molecule has 1 aliphatic rings. The number of likely N-dealkylation sites (N-methyl/N-ethyl adjacent to an activating group) is 1. The number of hydrogen-bond acceptors (Lipinski definition) is 5. The van der Waals surface area contributed by atoms with Crippen molar-refractivity contribution in [3.05, 3.63) is 65.8 Å². The van der Waals surface area contributed by atoms with Crippen LogP contribution in [-0.4, -0.2) is 55.1 Å². The molecule has 1 N–H and O–H groups in total. The average molecular weight is 504 g/mol. The molecule has 9 nitrogen and oxygen atoms in total. The quantitative estimate of drug-likeness (QED) is 0.415. The predicted octanol–water partition coefficient (Wildman–Crippen LogP) is 3.65. The molecular formula is C27H30FN7O2. The van der Waals surface area contributed by atoms with Gasteiger partial charge in [0.05, 0.1) is 11.7 Å². The van der Waals surface area contributed by atoms with Crippen LogP contribution in [0.5, 0.6) is 0 Å². The number of nitrogens with one attached hydrogen (secondary N) is 1. The Kier molecular flexibility index (Phi) is 6.73. The molecule has 0 radical (unpaired) electrons. The van der Waals surface area contributed by atoms with Gasteiger partial charge in [-0.2, -0.15) is 5.10 Å². The molecule has 5 rings (SSSR count). The third kappa shape index (κ3) is 5.09. The second-order valence-electron chi connectivity index (χ2n) is 9.79. The number of imidazole rings is 1. The summed E-state index contributed by atoms with van der Waals surface area (Å²) in [6.07, 6.45) is 9.29. The second-order valence-corrected chi connectivity index (χ2v) is 9.79. The minimum absolute atomic E-state index is 0.0830. The summed E-state index contributed by atoms with van der Waals surface area (Å²) in [6.45, 7) is 0.196. The minimum atomic E-state index is -0.408. The smallest absolute Gasteiger partial charge is 0.272 e. The van der Waals surface area contributed by atoms with E-state index in [9.17, 15) is 14.0 Å². The van der Waals surface area contributed by atoms with E-state index in [4.69, 9.17) is 4.98 Å². The van der Waals surface area contributed by atoms with Crippen molar-refractivity contribution in [3.63, 3.8) is 0 Å². The molecule has 1 aliphatic carbocycles. The number of nitrogens with zero attached hydrogens (tertiary/aromatic N) is 6. The molecule has 4 aromatic rings. The van der Waals surface area contributed by atoms with Gasteiger partial charge in [-0.05, 0) is 48.2 Å². The highest BCUT2D eigenvalue weighted by Gasteiger charge is 2.27. The van der Waals surface area contributed by atoms with E-state index in [1.807, 2.05) is 10.6 Å². The van der Waals surface area contributed by atoms with Crippen molar-refractivity contribution in [2.24, 2.45) is 7.05 Å². The van der Waals surface area contributed by atoms with E-state index in [2.05, 4.69) is 15.4 Å². The van der Waals surface area contributed by atoms with Gasteiger partial charge in [0, 0.05) is 51.6 Å². The fourth-order valence-corrected chi connectivity index (χ4v) is 4.95. The van der Waals surface area contributed by atoms with Crippen LogP contribution in [0.4, 0.5) is 4.39 Å². The molecule has 192 valence electrons. The molecule has 0 unspecified atom stereocenters. The van der Waals surface area contributed by atoms with Crippen molar-refractivity contribution in [2.75, 3.05) is 14.1 Å². The van der Waals surface area contributed by atoms with Crippen LogP contribution in [0.1, 0.15) is 53.5 Å². The summed E-state index contributed by atoms with van der Waals surface area (Å²) in [4.78, 5) is 36.8. The van der Waals surface area contributed by atoms with Gasteiger partial charge in [-0.15, -0.1) is 0 Å². The number of rotatable bonds is 7. The van der Waals surface area contributed by atoms with Crippen LogP contribution >= 0.6 is 0 Å². The zero-order chi connectivity index (χ0) is 26.1. The monoisotopic (exact) mass is 503 g/mol. The van der Waals surface area contributed by atoms with Gasteiger partial charge in [0.15, 0.2) is 5.69 Å². The second kappa shape index (κ2) is 10.1. The van der Waals surface area contributed by atoms with E-state index < -0.39 is 11.7 Å². The molecule has 1 fully saturated rings. The highest BCUT2D eigenvalue weighted by Crippen LogP contribution is 2.35. The van der Waals surface area contributed by atoms with E-state index in [-0.39, 0.29) is 30.6 Å². The summed E-state index contributed by atoms with van der Waals surface area (Å²) in [6, 6.07) is 6.43. The topological polar surface area (TPSA) is 97.9 Å². The number of fused-ring (bicyclic) bond motifs is 1. The maximum Gasteiger partial charge on any atom is 0.272 e. The number of benzene rings is 1. The van der Waals surface area contributed by atoms with Crippen LogP contribution < -0.4 is 5.32 Å². The molecular weight excluding hydrogens is 473 g/mol. The first-order chi connectivity index (χ1) is 17.8. The number of hydrogen-bond donors (Lipinski definition) is 1. The highest BCUT2D eigenvalue weighted by molar-refractivity contribution is 6.03. The lowest BCUT2D eigenvalue weighted by Gasteiger charge is -2.17. The van der Waals surface area contributed by atoms with Crippen molar-refractivity contribution < 1.29 is 14.0 Å². The average Bonchev–Trinajstić information content (AvgIpc) is 3.62. The van der Waals surface area contributed by atoms with Crippen LogP contribution in [0.25, 0.3) is 22.2 Å². The standard InChI is InChI=1S/C27H30FN7O2/c1-33(2)23(36)16-35-25-22(32-26(35)18-6-4-5-7-18)8-9-29-24(25)27(37)30-13-17-10-19(12-21(28)11-17)20-14-31-34(3)15-20/h8-12,14-15,18H,4-7,13,16H2,1-3H3,(H,30,37). The van der Waals surface area contributed by atoms with Crippen molar-refractivity contribution >= 4 is 22.8 Å². The van der Waals surface area contributed by atoms with Gasteiger partial charge < -0.3 is 14.8 Å². The van der Waals surface area contributed by atoms with Gasteiger partial charge in [-0.1, -0.05) is 12.8 Å². The zero-order valence-corrected chi connectivity index (χ0v) is 21.2. The van der Waals surface area contributed by atoms with Crippen LogP contribution in [0.2, 0.25) is 0 Å². The number of amides is 2. The molecule has 0 saturated heterocycles. The molecule has 37 heavy (non-hydrogen) atoms. The molecule has 3 heterocycles. The van der Waals surface area contributed by atoms with Crippen molar-refractivity contribution in [3.8, 4) is 11.1 Å². The summed E-state index contributed by atoms with van der Waals surface area (Å²) < 4.78 is 17.9. The zero-order valence-electron chi connectivity index (χ0n) is 21.2. The van der Waals surface area contributed by atoms with E-state index in [0.717, 1.165) is 37.1 Å². The van der Waals surface area contributed by atoms with Gasteiger partial charge in [0.25, 0.3) is 5.91 Å². The molecule has 1 aromatic carbocycles. The van der Waals surface area contributed by atoms with Crippen molar-refractivity contribution in [1.29, 1.82) is 0 Å². The van der Waals surface area contributed by atoms with Gasteiger partial charge in [0.1, 0.15) is 23.7 Å². The van der Waals surface area contributed by atoms with Crippen LogP contribution in [0.15, 0.2) is 42.9 Å². The van der Waals surface area contributed by atoms with Crippen LogP contribution in [0, 0.1) is 5.82 Å². The van der Waals surface area contributed by atoms with Crippen molar-refractivity contribution in [2.45, 2.75) is 44.7 Å². The Hall–Kier alpha value is -4.08. The molecule has 10 heteroatoms. The first-order valence-electron chi connectivity index (χ1n) is 12.4. The Morgan fingerprint density at radius 2 is 1.95 bits per heavy atom. The summed E-state index contributed by atoms with van der Waals surface area (Å²) in [5.41, 5.74) is 3.46. The number of carbonyl (C=O) groups is 2. The SMILES string of the molecule is CN(C)C(=O)Cn1c(C2CCCC2)nc2ccnc(C(=O)NCc3cc(F)cc(-c4cnn(C)c4)c3)c21. The van der Waals surface area contributed by atoms with Crippen molar-refractivity contribution in [1.82, 2.24) is 34.5 Å². The predicted molar refractivity (Wildman–Crippen MR) is 137 cm³/mol. The summed E-state index contributed by atoms with van der Waals surface area (Å²) in [7, 11) is 5.22. The Labute approximate surface area is 214 Å². The van der Waals surface area contributed by atoms with E-state index in [1.54, 1.807) is 50.5 Å². The van der Waals surface area contributed by atoms with E-state index >= 15 is 0 Å².